The third kappa shape index (κ3) is 2.76. The quantitative estimate of drug-likeness (QED) is 0.492. The Kier molecular flexibility index (Phi) is 3.85. The summed E-state index contributed by atoms with van der Waals surface area (Å²) in [4.78, 5) is 22.2. The number of carboxylic acid groups (broad SMARTS) is 1. The van der Waals surface area contributed by atoms with Gasteiger partial charge in [-0.1, -0.05) is 40.2 Å². The maximum absolute atomic E-state index is 11.6. The number of carbonyl (C=O) groups is 2. The predicted octanol–water partition coefficient (Wildman–Crippen LogP) is 1.89. The summed E-state index contributed by atoms with van der Waals surface area (Å²) in [7, 11) is 0. The number of halogens is 1. The molecule has 0 N–H and O–H groups in total. The zero-order chi connectivity index (χ0) is 14.0. The first-order valence-corrected chi connectivity index (χ1v) is 6.51. The molecule has 0 radical (unpaired) electrons. The van der Waals surface area contributed by atoms with Crippen molar-refractivity contribution in [1.29, 1.82) is 0 Å². The number of carboxylic acids is 1. The van der Waals surface area contributed by atoms with Gasteiger partial charge in [0.05, 0.1) is 5.97 Å². The lowest BCUT2D eigenvalue weighted by atomic mass is 10.0. The van der Waals surface area contributed by atoms with Gasteiger partial charge in [0.1, 0.15) is 10.6 Å². The van der Waals surface area contributed by atoms with Gasteiger partial charge in [0.2, 0.25) is 0 Å². The number of hydrogen-bond donors (Lipinski definition) is 0. The molecule has 2 aromatic rings. The fourth-order valence-electron chi connectivity index (χ4n) is 1.73. The Morgan fingerprint density at radius 1 is 1.16 bits per heavy atom. The van der Waals surface area contributed by atoms with Gasteiger partial charge < -0.3 is 14.6 Å². The highest BCUT2D eigenvalue weighted by molar-refractivity contribution is 9.10. The molecule has 0 spiro atoms. The van der Waals surface area contributed by atoms with E-state index in [2.05, 4.69) is 15.9 Å². The Labute approximate surface area is 118 Å². The smallest absolute Gasteiger partial charge is 0.324 e. The van der Waals surface area contributed by atoms with Crippen molar-refractivity contribution in [2.24, 2.45) is 0 Å². The molecule has 19 heavy (non-hydrogen) atoms. The van der Waals surface area contributed by atoms with Crippen LogP contribution in [0, 0.1) is 0 Å². The van der Waals surface area contributed by atoms with E-state index in [1.807, 2.05) is 0 Å². The SMILES string of the molecule is CC(Br)C(=O)Oc1ccc(C(=O)[O-])c2ccccc12. The topological polar surface area (TPSA) is 66.4 Å². The Hall–Kier alpha value is -1.88. The molecule has 2 aromatic carbocycles. The monoisotopic (exact) mass is 321 g/mol. The van der Waals surface area contributed by atoms with Crippen LogP contribution in [0.15, 0.2) is 36.4 Å². The summed E-state index contributed by atoms with van der Waals surface area (Å²) >= 11 is 3.12. The first kappa shape index (κ1) is 13.5. The molecule has 0 saturated carbocycles. The third-order valence-electron chi connectivity index (χ3n) is 2.64. The Morgan fingerprint density at radius 2 is 1.79 bits per heavy atom. The van der Waals surface area contributed by atoms with Gasteiger partial charge in [-0.15, -0.1) is 0 Å². The number of hydrogen-bond acceptors (Lipinski definition) is 4. The summed E-state index contributed by atoms with van der Waals surface area (Å²) in [5.74, 6) is -1.37. The summed E-state index contributed by atoms with van der Waals surface area (Å²) in [6.45, 7) is 1.65. The number of benzene rings is 2. The van der Waals surface area contributed by atoms with E-state index in [4.69, 9.17) is 4.74 Å². The summed E-state index contributed by atoms with van der Waals surface area (Å²) < 4.78 is 5.22. The molecular weight excluding hydrogens is 312 g/mol. The molecule has 0 fully saturated rings. The van der Waals surface area contributed by atoms with E-state index < -0.39 is 16.8 Å². The van der Waals surface area contributed by atoms with Crippen molar-refractivity contribution < 1.29 is 19.4 Å². The van der Waals surface area contributed by atoms with Crippen molar-refractivity contribution >= 4 is 38.6 Å². The van der Waals surface area contributed by atoms with E-state index in [1.54, 1.807) is 31.2 Å². The Bertz CT molecular complexity index is 649. The molecule has 1 unspecified atom stereocenters. The van der Waals surface area contributed by atoms with E-state index in [0.717, 1.165) is 0 Å². The number of ether oxygens (including phenoxy) is 1. The molecule has 98 valence electrons. The highest BCUT2D eigenvalue weighted by atomic mass is 79.9. The summed E-state index contributed by atoms with van der Waals surface area (Å²) in [5.41, 5.74) is 0.0716. The molecule has 1 atom stereocenters. The second-order valence-electron chi connectivity index (χ2n) is 3.98. The largest absolute Gasteiger partial charge is 0.545 e. The summed E-state index contributed by atoms with van der Waals surface area (Å²) in [6.07, 6.45) is 0. The van der Waals surface area contributed by atoms with Gasteiger partial charge in [-0.25, -0.2) is 0 Å². The second kappa shape index (κ2) is 5.40. The molecule has 0 aliphatic heterocycles. The van der Waals surface area contributed by atoms with Crippen LogP contribution in [0.25, 0.3) is 10.8 Å². The number of aromatic carboxylic acids is 1. The summed E-state index contributed by atoms with van der Waals surface area (Å²) in [6, 6.07) is 9.64. The number of esters is 1. The summed E-state index contributed by atoms with van der Waals surface area (Å²) in [5, 5.41) is 12.1. The number of carbonyl (C=O) groups excluding carboxylic acids is 2. The van der Waals surface area contributed by atoms with Gasteiger partial charge in [-0.2, -0.15) is 0 Å². The van der Waals surface area contributed by atoms with Crippen LogP contribution in [0.3, 0.4) is 0 Å². The number of fused-ring (bicyclic) bond motifs is 1. The molecule has 0 aliphatic rings. The van der Waals surface area contributed by atoms with Crippen LogP contribution >= 0.6 is 15.9 Å². The lowest BCUT2D eigenvalue weighted by Gasteiger charge is -2.12. The Balaban J connectivity index is 2.56. The molecule has 0 aliphatic carbocycles. The second-order valence-corrected chi connectivity index (χ2v) is 5.35. The van der Waals surface area contributed by atoms with Gasteiger partial charge in [0, 0.05) is 10.9 Å². The zero-order valence-corrected chi connectivity index (χ0v) is 11.6. The van der Waals surface area contributed by atoms with Crippen molar-refractivity contribution in [3.63, 3.8) is 0 Å². The van der Waals surface area contributed by atoms with Gasteiger partial charge in [0.15, 0.2) is 0 Å². The molecule has 0 bridgehead atoms. The van der Waals surface area contributed by atoms with Crippen molar-refractivity contribution in [1.82, 2.24) is 0 Å². The molecule has 0 amide bonds. The van der Waals surface area contributed by atoms with Crippen molar-refractivity contribution in [3.05, 3.63) is 42.0 Å². The van der Waals surface area contributed by atoms with Crippen LogP contribution < -0.4 is 9.84 Å². The minimum Gasteiger partial charge on any atom is -0.545 e. The Morgan fingerprint density at radius 3 is 2.37 bits per heavy atom. The lowest BCUT2D eigenvalue weighted by molar-refractivity contribution is -0.254. The number of rotatable bonds is 3. The normalized spacial score (nSPS) is 12.1. The molecule has 2 rings (SSSR count). The van der Waals surface area contributed by atoms with E-state index in [-0.39, 0.29) is 5.56 Å². The molecule has 5 heteroatoms. The average Bonchev–Trinajstić information content (AvgIpc) is 2.38. The van der Waals surface area contributed by atoms with Crippen molar-refractivity contribution in [2.45, 2.75) is 11.8 Å². The van der Waals surface area contributed by atoms with Crippen molar-refractivity contribution in [3.8, 4) is 5.75 Å². The maximum atomic E-state index is 11.6. The fraction of sp³-hybridized carbons (Fsp3) is 0.143. The van der Waals surface area contributed by atoms with Crippen molar-refractivity contribution in [2.75, 3.05) is 0 Å². The van der Waals surface area contributed by atoms with Crippen LogP contribution in [0.4, 0.5) is 0 Å². The fourth-order valence-corrected chi connectivity index (χ4v) is 1.82. The van der Waals surface area contributed by atoms with Gasteiger partial charge >= 0.3 is 5.97 Å². The van der Waals surface area contributed by atoms with E-state index >= 15 is 0 Å². The van der Waals surface area contributed by atoms with E-state index in [1.165, 1.54) is 12.1 Å². The standard InChI is InChI=1S/C14H11BrO4/c1-8(15)14(18)19-12-7-6-11(13(16)17)9-4-2-3-5-10(9)12/h2-8H,1H3,(H,16,17)/p-1. The first-order chi connectivity index (χ1) is 9.00. The molecule has 0 aromatic heterocycles. The van der Waals surface area contributed by atoms with Crippen LogP contribution in [-0.4, -0.2) is 16.8 Å². The first-order valence-electron chi connectivity index (χ1n) is 5.59. The van der Waals surface area contributed by atoms with Gasteiger partial charge in [-0.3, -0.25) is 4.79 Å². The molecule has 0 heterocycles. The predicted molar refractivity (Wildman–Crippen MR) is 72.3 cm³/mol. The van der Waals surface area contributed by atoms with Crippen LogP contribution in [-0.2, 0) is 4.79 Å². The minimum absolute atomic E-state index is 0.0716. The highest BCUT2D eigenvalue weighted by Crippen LogP contribution is 2.28. The van der Waals surface area contributed by atoms with E-state index in [0.29, 0.717) is 16.5 Å². The molecular formula is C14H10BrO4-. The highest BCUT2D eigenvalue weighted by Gasteiger charge is 2.14. The van der Waals surface area contributed by atoms with Gasteiger partial charge in [-0.05, 0) is 24.4 Å². The van der Waals surface area contributed by atoms with Crippen LogP contribution in [0.5, 0.6) is 5.75 Å². The van der Waals surface area contributed by atoms with E-state index in [9.17, 15) is 14.7 Å². The zero-order valence-electron chi connectivity index (χ0n) is 10.1. The third-order valence-corrected chi connectivity index (χ3v) is 3.01. The minimum atomic E-state index is -1.26. The number of alkyl halides is 1. The van der Waals surface area contributed by atoms with Gasteiger partial charge in [0.25, 0.3) is 0 Å². The van der Waals surface area contributed by atoms with Crippen LogP contribution in [0.1, 0.15) is 17.3 Å². The maximum Gasteiger partial charge on any atom is 0.324 e. The van der Waals surface area contributed by atoms with Crippen LogP contribution in [0.2, 0.25) is 0 Å². The molecule has 0 saturated heterocycles. The average molecular weight is 322 g/mol. The molecule has 4 nitrogen and oxygen atoms in total. The lowest BCUT2D eigenvalue weighted by Crippen LogP contribution is -2.22.